The Balaban J connectivity index is 1.31. The predicted octanol–water partition coefficient (Wildman–Crippen LogP) is 4.59. The van der Waals surface area contributed by atoms with Crippen molar-refractivity contribution in [1.29, 1.82) is 0 Å². The number of ether oxygens (including phenoxy) is 1. The van der Waals surface area contributed by atoms with Crippen molar-refractivity contribution in [1.82, 2.24) is 9.97 Å². The second-order valence-electron chi connectivity index (χ2n) is 7.23. The van der Waals surface area contributed by atoms with E-state index in [1.54, 1.807) is 17.5 Å². The van der Waals surface area contributed by atoms with Gasteiger partial charge in [0.15, 0.2) is 5.13 Å². The van der Waals surface area contributed by atoms with Crippen LogP contribution in [0.2, 0.25) is 0 Å². The summed E-state index contributed by atoms with van der Waals surface area (Å²) >= 11 is 1.65. The van der Waals surface area contributed by atoms with Gasteiger partial charge in [0.1, 0.15) is 12.4 Å². The third kappa shape index (κ3) is 3.96. The molecule has 0 N–H and O–H groups in total. The van der Waals surface area contributed by atoms with E-state index in [0.29, 0.717) is 19.2 Å². The number of benzene rings is 1. The lowest BCUT2D eigenvalue weighted by molar-refractivity contribution is 0.284. The standard InChI is InChI=1S/C22H23N5OS/c1-4-12-26(13-5-1)20-15-17(9-11-23-20)16-28-21-24-10-6-14-27(21)22-25-18-7-2-3-8-19(18)29-22/h2-3,6-11,15H,1,4-5,12-14,16H2. The van der Waals surface area contributed by atoms with Crippen LogP contribution in [-0.2, 0) is 11.3 Å². The number of para-hydroxylation sites is 1. The Morgan fingerprint density at radius 3 is 2.86 bits per heavy atom. The van der Waals surface area contributed by atoms with Crippen molar-refractivity contribution >= 4 is 38.5 Å². The van der Waals surface area contributed by atoms with Crippen molar-refractivity contribution in [2.45, 2.75) is 25.9 Å². The highest BCUT2D eigenvalue weighted by molar-refractivity contribution is 7.22. The van der Waals surface area contributed by atoms with Gasteiger partial charge in [-0.15, -0.1) is 0 Å². The molecule has 29 heavy (non-hydrogen) atoms. The van der Waals surface area contributed by atoms with Crippen molar-refractivity contribution in [3.8, 4) is 0 Å². The fraction of sp³-hybridized carbons (Fsp3) is 0.318. The summed E-state index contributed by atoms with van der Waals surface area (Å²) in [5, 5.41) is 0.901. The van der Waals surface area contributed by atoms with Gasteiger partial charge >= 0.3 is 0 Å². The first-order chi connectivity index (χ1) is 14.4. The summed E-state index contributed by atoms with van der Waals surface area (Å²) in [6, 6.07) is 12.9. The second kappa shape index (κ2) is 8.21. The Hall–Kier alpha value is -2.93. The smallest absolute Gasteiger partial charge is 0.299 e. The van der Waals surface area contributed by atoms with E-state index in [1.807, 2.05) is 41.4 Å². The van der Waals surface area contributed by atoms with Gasteiger partial charge in [0.25, 0.3) is 6.02 Å². The molecule has 0 spiro atoms. The van der Waals surface area contributed by atoms with Crippen molar-refractivity contribution in [3.63, 3.8) is 0 Å². The van der Waals surface area contributed by atoms with Crippen molar-refractivity contribution in [2.24, 2.45) is 4.99 Å². The number of anilines is 2. The highest BCUT2D eigenvalue weighted by Gasteiger charge is 2.20. The molecule has 0 amide bonds. The Morgan fingerprint density at radius 2 is 1.97 bits per heavy atom. The summed E-state index contributed by atoms with van der Waals surface area (Å²) in [7, 11) is 0. The highest BCUT2D eigenvalue weighted by atomic mass is 32.1. The molecular weight excluding hydrogens is 382 g/mol. The lowest BCUT2D eigenvalue weighted by atomic mass is 10.1. The zero-order chi connectivity index (χ0) is 19.5. The molecule has 2 aliphatic heterocycles. The second-order valence-corrected chi connectivity index (χ2v) is 8.24. The number of fused-ring (bicyclic) bond motifs is 1. The van der Waals surface area contributed by atoms with E-state index < -0.39 is 0 Å². The van der Waals surface area contributed by atoms with Crippen LogP contribution < -0.4 is 9.80 Å². The van der Waals surface area contributed by atoms with Gasteiger partial charge in [0.05, 0.1) is 10.2 Å². The van der Waals surface area contributed by atoms with E-state index in [2.05, 4.69) is 27.0 Å². The number of thiazole rings is 1. The highest BCUT2D eigenvalue weighted by Crippen LogP contribution is 2.30. The molecule has 148 valence electrons. The van der Waals surface area contributed by atoms with Crippen LogP contribution in [-0.4, -0.2) is 35.6 Å². The summed E-state index contributed by atoms with van der Waals surface area (Å²) in [5.74, 6) is 1.04. The normalized spacial score (nSPS) is 16.9. The molecule has 2 aromatic heterocycles. The van der Waals surface area contributed by atoms with Crippen LogP contribution in [0, 0.1) is 0 Å². The SMILES string of the molecule is C1=CN=C(OCc2ccnc(N3CCCCC3)c2)N(c2nc3ccccc3s2)C1. The van der Waals surface area contributed by atoms with Crippen LogP contribution in [0.15, 0.2) is 59.9 Å². The van der Waals surface area contributed by atoms with Crippen molar-refractivity contribution in [3.05, 3.63) is 60.4 Å². The average molecular weight is 406 g/mol. The first-order valence-corrected chi connectivity index (χ1v) is 10.9. The third-order valence-corrected chi connectivity index (χ3v) is 6.24. The number of hydrogen-bond donors (Lipinski definition) is 0. The van der Waals surface area contributed by atoms with Gasteiger partial charge in [-0.1, -0.05) is 23.5 Å². The fourth-order valence-corrected chi connectivity index (χ4v) is 4.63. The van der Waals surface area contributed by atoms with Crippen LogP contribution >= 0.6 is 11.3 Å². The molecule has 1 fully saturated rings. The molecule has 1 aromatic carbocycles. The molecule has 0 atom stereocenters. The molecule has 0 unspecified atom stereocenters. The summed E-state index contributed by atoms with van der Waals surface area (Å²) in [5.41, 5.74) is 2.10. The summed E-state index contributed by atoms with van der Waals surface area (Å²) in [6.07, 6.45) is 9.47. The maximum atomic E-state index is 6.12. The minimum Gasteiger partial charge on any atom is -0.460 e. The van der Waals surface area contributed by atoms with Gasteiger partial charge in [-0.2, -0.15) is 0 Å². The minimum atomic E-state index is 0.456. The molecule has 0 radical (unpaired) electrons. The largest absolute Gasteiger partial charge is 0.460 e. The van der Waals surface area contributed by atoms with Crippen LogP contribution in [0.3, 0.4) is 0 Å². The molecule has 2 aliphatic rings. The number of aliphatic imine (C=N–C) groups is 1. The first kappa shape index (κ1) is 18.1. The summed E-state index contributed by atoms with van der Waals surface area (Å²) in [6.45, 7) is 3.33. The number of pyridine rings is 1. The monoisotopic (exact) mass is 405 g/mol. The van der Waals surface area contributed by atoms with Gasteiger partial charge in [-0.3, -0.25) is 4.90 Å². The zero-order valence-electron chi connectivity index (χ0n) is 16.2. The molecule has 7 heteroatoms. The lowest BCUT2D eigenvalue weighted by Crippen LogP contribution is -2.34. The fourth-order valence-electron chi connectivity index (χ4n) is 3.66. The molecule has 0 saturated carbocycles. The molecular formula is C22H23N5OS. The maximum absolute atomic E-state index is 6.12. The number of nitrogens with zero attached hydrogens (tertiary/aromatic N) is 5. The van der Waals surface area contributed by atoms with Gasteiger partial charge in [-0.25, -0.2) is 15.0 Å². The van der Waals surface area contributed by atoms with Crippen LogP contribution in [0.5, 0.6) is 0 Å². The quantitative estimate of drug-likeness (QED) is 0.636. The molecule has 1 saturated heterocycles. The minimum absolute atomic E-state index is 0.456. The van der Waals surface area contributed by atoms with Gasteiger partial charge in [0, 0.05) is 32.0 Å². The van der Waals surface area contributed by atoms with E-state index in [-0.39, 0.29) is 0 Å². The molecule has 0 bridgehead atoms. The number of aromatic nitrogens is 2. The maximum Gasteiger partial charge on any atom is 0.299 e. The molecule has 6 nitrogen and oxygen atoms in total. The lowest BCUT2D eigenvalue weighted by Gasteiger charge is -2.28. The molecule has 4 heterocycles. The van der Waals surface area contributed by atoms with Crippen LogP contribution in [0.25, 0.3) is 10.2 Å². The van der Waals surface area contributed by atoms with E-state index in [9.17, 15) is 0 Å². The number of piperidine rings is 1. The predicted molar refractivity (Wildman–Crippen MR) is 119 cm³/mol. The third-order valence-electron chi connectivity index (χ3n) is 5.18. The van der Waals surface area contributed by atoms with Gasteiger partial charge in [-0.05, 0) is 55.2 Å². The number of hydrogen-bond acceptors (Lipinski definition) is 7. The van der Waals surface area contributed by atoms with Gasteiger partial charge < -0.3 is 9.64 Å². The Labute approximate surface area is 174 Å². The van der Waals surface area contributed by atoms with E-state index >= 15 is 0 Å². The number of amidine groups is 1. The van der Waals surface area contributed by atoms with Crippen LogP contribution in [0.1, 0.15) is 24.8 Å². The van der Waals surface area contributed by atoms with E-state index in [1.165, 1.54) is 19.3 Å². The van der Waals surface area contributed by atoms with E-state index in [4.69, 9.17) is 9.72 Å². The zero-order valence-corrected chi connectivity index (χ0v) is 17.0. The van der Waals surface area contributed by atoms with E-state index in [0.717, 1.165) is 39.8 Å². The van der Waals surface area contributed by atoms with Crippen LogP contribution in [0.4, 0.5) is 10.9 Å². The topological polar surface area (TPSA) is 53.9 Å². The Kier molecular flexibility index (Phi) is 5.13. The molecule has 5 rings (SSSR count). The average Bonchev–Trinajstić information content (AvgIpc) is 3.23. The number of rotatable bonds is 4. The van der Waals surface area contributed by atoms with Crippen molar-refractivity contribution in [2.75, 3.05) is 29.4 Å². The Bertz CT molecular complexity index is 1020. The summed E-state index contributed by atoms with van der Waals surface area (Å²) in [4.78, 5) is 18.2. The summed E-state index contributed by atoms with van der Waals surface area (Å²) < 4.78 is 7.28. The Morgan fingerprint density at radius 1 is 1.07 bits per heavy atom. The molecule has 0 aliphatic carbocycles. The first-order valence-electron chi connectivity index (χ1n) is 10.1. The van der Waals surface area contributed by atoms with Crippen molar-refractivity contribution < 1.29 is 4.74 Å². The molecule has 3 aromatic rings. The van der Waals surface area contributed by atoms with Gasteiger partial charge in [0.2, 0.25) is 0 Å².